The molecule has 6 heteroatoms. The van der Waals surface area contributed by atoms with E-state index in [9.17, 15) is 9.59 Å². The van der Waals surface area contributed by atoms with Crippen LogP contribution in [0.5, 0.6) is 0 Å². The maximum absolute atomic E-state index is 11.8. The van der Waals surface area contributed by atoms with Gasteiger partial charge in [0.15, 0.2) is 0 Å². The van der Waals surface area contributed by atoms with E-state index in [4.69, 9.17) is 5.26 Å². The number of amides is 3. The Morgan fingerprint density at radius 2 is 1.94 bits per heavy atom. The number of nitrogens with zero attached hydrogens (tertiary/aromatic N) is 2. The van der Waals surface area contributed by atoms with Crippen LogP contribution in [0.3, 0.4) is 0 Å². The maximum Gasteiger partial charge on any atom is 0.321 e. The van der Waals surface area contributed by atoms with Gasteiger partial charge in [-0.1, -0.05) is 13.8 Å². The summed E-state index contributed by atoms with van der Waals surface area (Å²) in [5.74, 6) is 0.0342. The van der Waals surface area contributed by atoms with Crippen molar-refractivity contribution in [3.63, 3.8) is 0 Å². The first-order valence-electron chi connectivity index (χ1n) is 6.06. The number of nitrogens with one attached hydrogen (secondary N) is 2. The molecule has 0 heterocycles. The van der Waals surface area contributed by atoms with E-state index in [1.165, 1.54) is 7.05 Å². The van der Waals surface area contributed by atoms with Crippen molar-refractivity contribution in [1.29, 1.82) is 5.26 Å². The smallest absolute Gasteiger partial charge is 0.321 e. The Morgan fingerprint density at radius 1 is 1.33 bits per heavy atom. The molecule has 0 fully saturated rings. The quantitative estimate of drug-likeness (QED) is 0.730. The lowest BCUT2D eigenvalue weighted by Gasteiger charge is -2.28. The molecule has 0 aliphatic heterocycles. The fourth-order valence-corrected chi connectivity index (χ4v) is 1.55. The molecular weight excluding hydrogens is 232 g/mol. The Hall–Kier alpha value is -1.61. The van der Waals surface area contributed by atoms with Gasteiger partial charge in [-0.15, -0.1) is 0 Å². The number of urea groups is 1. The molecule has 2 N–H and O–H groups in total. The van der Waals surface area contributed by atoms with Gasteiger partial charge in [0.2, 0.25) is 5.91 Å². The Balaban J connectivity index is 4.52. The molecule has 0 rings (SSSR count). The van der Waals surface area contributed by atoms with Crippen molar-refractivity contribution >= 4 is 11.9 Å². The first kappa shape index (κ1) is 16.4. The molecule has 1 unspecified atom stereocenters. The van der Waals surface area contributed by atoms with Gasteiger partial charge >= 0.3 is 6.03 Å². The minimum absolute atomic E-state index is 0.354. The summed E-state index contributed by atoms with van der Waals surface area (Å²) in [6.45, 7) is 7.06. The summed E-state index contributed by atoms with van der Waals surface area (Å²) >= 11 is 0. The highest BCUT2D eigenvalue weighted by Crippen LogP contribution is 2.05. The largest absolute Gasteiger partial charge is 0.341 e. The van der Waals surface area contributed by atoms with Crippen molar-refractivity contribution in [1.82, 2.24) is 15.5 Å². The summed E-state index contributed by atoms with van der Waals surface area (Å²) in [7, 11) is 1.45. The predicted octanol–water partition coefficient (Wildman–Crippen LogP) is 0.702. The average Bonchev–Trinajstić information content (AvgIpc) is 2.32. The second-order valence-electron chi connectivity index (χ2n) is 4.54. The molecule has 0 saturated heterocycles. The molecular formula is C12H22N4O2. The highest BCUT2D eigenvalue weighted by Gasteiger charge is 2.22. The maximum atomic E-state index is 11.8. The molecule has 6 nitrogen and oxygen atoms in total. The molecule has 102 valence electrons. The predicted molar refractivity (Wildman–Crippen MR) is 68.7 cm³/mol. The van der Waals surface area contributed by atoms with Crippen LogP contribution in [0.15, 0.2) is 0 Å². The molecule has 0 spiro atoms. The highest BCUT2D eigenvalue weighted by atomic mass is 16.2. The zero-order chi connectivity index (χ0) is 14.1. The highest BCUT2D eigenvalue weighted by molar-refractivity contribution is 5.96. The van der Waals surface area contributed by atoms with Gasteiger partial charge in [0.1, 0.15) is 0 Å². The van der Waals surface area contributed by atoms with E-state index in [0.29, 0.717) is 25.4 Å². The van der Waals surface area contributed by atoms with Crippen LogP contribution < -0.4 is 10.6 Å². The topological polar surface area (TPSA) is 85.2 Å². The molecule has 1 atom stereocenters. The number of rotatable bonds is 6. The van der Waals surface area contributed by atoms with Crippen LogP contribution >= 0.6 is 0 Å². The lowest BCUT2D eigenvalue weighted by molar-refractivity contribution is -0.124. The van der Waals surface area contributed by atoms with Gasteiger partial charge in [-0.3, -0.25) is 15.0 Å². The van der Waals surface area contributed by atoms with Crippen molar-refractivity contribution in [3.8, 4) is 6.07 Å². The van der Waals surface area contributed by atoms with Crippen LogP contribution in [-0.2, 0) is 4.79 Å². The van der Waals surface area contributed by atoms with E-state index in [1.807, 2.05) is 18.7 Å². The second kappa shape index (κ2) is 8.48. The molecule has 0 saturated carbocycles. The Kier molecular flexibility index (Phi) is 7.72. The summed E-state index contributed by atoms with van der Waals surface area (Å²) in [5, 5.41) is 13.2. The standard InChI is InChI=1S/C12H22N4O2/c1-9(2)8-16(7-5-6-13)10(3)11(17)15-12(18)14-4/h9-10H,5,7-8H2,1-4H3,(H2,14,15,17,18). The molecule has 0 aliphatic carbocycles. The molecule has 0 radical (unpaired) electrons. The van der Waals surface area contributed by atoms with E-state index in [2.05, 4.69) is 16.7 Å². The number of hydrogen-bond donors (Lipinski definition) is 2. The second-order valence-corrected chi connectivity index (χ2v) is 4.54. The van der Waals surface area contributed by atoms with Crippen LogP contribution in [0.1, 0.15) is 27.2 Å². The molecule has 0 aliphatic rings. The van der Waals surface area contributed by atoms with Gasteiger partial charge in [-0.25, -0.2) is 4.79 Å². The number of carbonyl (C=O) groups is 2. The van der Waals surface area contributed by atoms with Crippen molar-refractivity contribution in [2.45, 2.75) is 33.2 Å². The Morgan fingerprint density at radius 3 is 2.39 bits per heavy atom. The molecule has 0 bridgehead atoms. The summed E-state index contributed by atoms with van der Waals surface area (Å²) in [5.41, 5.74) is 0. The van der Waals surface area contributed by atoms with Crippen LogP contribution in [0.2, 0.25) is 0 Å². The first-order chi connectivity index (χ1) is 8.42. The summed E-state index contributed by atoms with van der Waals surface area (Å²) in [6.07, 6.45) is 0.365. The monoisotopic (exact) mass is 254 g/mol. The summed E-state index contributed by atoms with van der Waals surface area (Å²) in [6, 6.07) is 1.12. The van der Waals surface area contributed by atoms with Crippen LogP contribution in [0, 0.1) is 17.2 Å². The van der Waals surface area contributed by atoms with Crippen LogP contribution in [0.25, 0.3) is 0 Å². The molecule has 18 heavy (non-hydrogen) atoms. The fourth-order valence-electron chi connectivity index (χ4n) is 1.55. The normalized spacial score (nSPS) is 12.1. The number of nitriles is 1. The SMILES string of the molecule is CNC(=O)NC(=O)C(C)N(CCC#N)CC(C)C. The number of hydrogen-bond acceptors (Lipinski definition) is 4. The minimum atomic E-state index is -0.517. The average molecular weight is 254 g/mol. The van der Waals surface area contributed by atoms with Gasteiger partial charge < -0.3 is 5.32 Å². The van der Waals surface area contributed by atoms with Crippen LogP contribution in [0.4, 0.5) is 4.79 Å². The third-order valence-electron chi connectivity index (χ3n) is 2.50. The van der Waals surface area contributed by atoms with Crippen LogP contribution in [-0.4, -0.2) is 43.0 Å². The van der Waals surface area contributed by atoms with Gasteiger partial charge in [0.05, 0.1) is 12.1 Å². The van der Waals surface area contributed by atoms with E-state index in [0.717, 1.165) is 0 Å². The first-order valence-corrected chi connectivity index (χ1v) is 6.06. The van der Waals surface area contributed by atoms with E-state index < -0.39 is 12.1 Å². The van der Waals surface area contributed by atoms with E-state index in [-0.39, 0.29) is 5.91 Å². The zero-order valence-corrected chi connectivity index (χ0v) is 11.5. The van der Waals surface area contributed by atoms with Gasteiger partial charge in [-0.2, -0.15) is 5.26 Å². The van der Waals surface area contributed by atoms with E-state index >= 15 is 0 Å². The Labute approximate surface area is 108 Å². The van der Waals surface area contributed by atoms with Gasteiger partial charge in [0, 0.05) is 26.6 Å². The lowest BCUT2D eigenvalue weighted by atomic mass is 10.1. The summed E-state index contributed by atoms with van der Waals surface area (Å²) < 4.78 is 0. The molecule has 0 aromatic heterocycles. The number of carbonyl (C=O) groups excluding carboxylic acids is 2. The van der Waals surface area contributed by atoms with E-state index in [1.54, 1.807) is 6.92 Å². The van der Waals surface area contributed by atoms with Gasteiger partial charge in [-0.05, 0) is 12.8 Å². The zero-order valence-electron chi connectivity index (χ0n) is 11.5. The number of imide groups is 1. The van der Waals surface area contributed by atoms with Crippen molar-refractivity contribution in [2.24, 2.45) is 5.92 Å². The van der Waals surface area contributed by atoms with Gasteiger partial charge in [0.25, 0.3) is 0 Å². The third-order valence-corrected chi connectivity index (χ3v) is 2.50. The molecule has 0 aromatic carbocycles. The third kappa shape index (κ3) is 6.21. The Bertz CT molecular complexity index is 323. The fraction of sp³-hybridized carbons (Fsp3) is 0.750. The minimum Gasteiger partial charge on any atom is -0.341 e. The van der Waals surface area contributed by atoms with Crippen molar-refractivity contribution < 1.29 is 9.59 Å². The van der Waals surface area contributed by atoms with Crippen molar-refractivity contribution in [2.75, 3.05) is 20.1 Å². The summed E-state index contributed by atoms with van der Waals surface area (Å²) in [4.78, 5) is 24.8. The molecule has 0 aromatic rings. The molecule has 3 amide bonds. The lowest BCUT2D eigenvalue weighted by Crippen LogP contribution is -2.50. The van der Waals surface area contributed by atoms with Crippen molar-refractivity contribution in [3.05, 3.63) is 0 Å².